The standard InChI is InChI=1S/C13H12NO2S/c15-17(16,11-12-7-3-1-4-8-12)14-13-9-5-2-6-10-13/h1-11,14H. The molecule has 1 N–H and O–H groups in total. The van der Waals surface area contributed by atoms with Crippen LogP contribution in [0.5, 0.6) is 0 Å². The van der Waals surface area contributed by atoms with Gasteiger partial charge in [-0.2, -0.15) is 0 Å². The van der Waals surface area contributed by atoms with Gasteiger partial charge < -0.3 is 0 Å². The summed E-state index contributed by atoms with van der Waals surface area (Å²) in [6.07, 6.45) is 0. The summed E-state index contributed by atoms with van der Waals surface area (Å²) >= 11 is 0. The molecule has 87 valence electrons. The Morgan fingerprint density at radius 3 is 1.94 bits per heavy atom. The van der Waals surface area contributed by atoms with E-state index in [4.69, 9.17) is 0 Å². The molecule has 17 heavy (non-hydrogen) atoms. The SMILES string of the molecule is O=S(=O)([CH]c1ccccc1)Nc1ccccc1. The lowest BCUT2D eigenvalue weighted by Crippen LogP contribution is -2.13. The molecule has 2 aromatic carbocycles. The van der Waals surface area contributed by atoms with Crippen LogP contribution in [-0.4, -0.2) is 8.42 Å². The predicted molar refractivity (Wildman–Crippen MR) is 68.8 cm³/mol. The third kappa shape index (κ3) is 3.60. The van der Waals surface area contributed by atoms with Crippen LogP contribution in [0.2, 0.25) is 0 Å². The number of benzene rings is 2. The number of rotatable bonds is 4. The minimum atomic E-state index is -3.46. The Hall–Kier alpha value is -1.81. The molecule has 0 bridgehead atoms. The van der Waals surface area contributed by atoms with Crippen LogP contribution < -0.4 is 4.72 Å². The average molecular weight is 246 g/mol. The topological polar surface area (TPSA) is 46.2 Å². The molecule has 0 aliphatic rings. The van der Waals surface area contributed by atoms with Gasteiger partial charge in [0, 0.05) is 5.69 Å². The van der Waals surface area contributed by atoms with Crippen molar-refractivity contribution in [1.82, 2.24) is 0 Å². The van der Waals surface area contributed by atoms with Gasteiger partial charge in [0.05, 0.1) is 0 Å². The molecule has 0 aromatic heterocycles. The highest BCUT2D eigenvalue weighted by atomic mass is 32.2. The van der Waals surface area contributed by atoms with E-state index in [1.165, 1.54) is 5.75 Å². The third-order valence-electron chi connectivity index (χ3n) is 2.12. The first-order chi connectivity index (χ1) is 8.16. The van der Waals surface area contributed by atoms with Gasteiger partial charge in [-0.25, -0.2) is 8.42 Å². The number of nitrogens with one attached hydrogen (secondary N) is 1. The summed E-state index contributed by atoms with van der Waals surface area (Å²) in [5.41, 5.74) is 1.20. The lowest BCUT2D eigenvalue weighted by atomic mass is 10.2. The number of sulfonamides is 1. The van der Waals surface area contributed by atoms with Gasteiger partial charge in [-0.1, -0.05) is 48.5 Å². The summed E-state index contributed by atoms with van der Waals surface area (Å²) in [4.78, 5) is 0. The summed E-state index contributed by atoms with van der Waals surface area (Å²) in [5.74, 6) is 1.21. The minimum absolute atomic E-state index is 0.555. The van der Waals surface area contributed by atoms with E-state index in [2.05, 4.69) is 4.72 Å². The molecule has 0 spiro atoms. The summed E-state index contributed by atoms with van der Waals surface area (Å²) in [6.45, 7) is 0. The van der Waals surface area contributed by atoms with E-state index < -0.39 is 10.0 Å². The largest absolute Gasteiger partial charge is 0.283 e. The van der Waals surface area contributed by atoms with Crippen LogP contribution in [0.1, 0.15) is 5.56 Å². The zero-order chi connectivity index (χ0) is 12.1. The quantitative estimate of drug-likeness (QED) is 0.901. The zero-order valence-corrected chi connectivity index (χ0v) is 9.89. The highest BCUT2D eigenvalue weighted by Crippen LogP contribution is 2.13. The second-order valence-electron chi connectivity index (χ2n) is 3.54. The monoisotopic (exact) mass is 246 g/mol. The molecule has 2 aromatic rings. The van der Waals surface area contributed by atoms with Crippen LogP contribution in [0.3, 0.4) is 0 Å². The van der Waals surface area contributed by atoms with Crippen LogP contribution in [-0.2, 0) is 10.0 Å². The predicted octanol–water partition coefficient (Wildman–Crippen LogP) is 2.64. The van der Waals surface area contributed by atoms with Crippen LogP contribution in [0.15, 0.2) is 60.7 Å². The van der Waals surface area contributed by atoms with Crippen molar-refractivity contribution < 1.29 is 8.42 Å². The van der Waals surface area contributed by atoms with Crippen LogP contribution >= 0.6 is 0 Å². The lowest BCUT2D eigenvalue weighted by molar-refractivity contribution is 0.607. The van der Waals surface area contributed by atoms with Crippen molar-refractivity contribution >= 4 is 15.7 Å². The Morgan fingerprint density at radius 1 is 0.824 bits per heavy atom. The van der Waals surface area contributed by atoms with Crippen molar-refractivity contribution in [3.05, 3.63) is 72.0 Å². The molecule has 4 heteroatoms. The van der Waals surface area contributed by atoms with Gasteiger partial charge in [0.2, 0.25) is 10.0 Å². The Labute approximate surface area is 101 Å². The van der Waals surface area contributed by atoms with Crippen molar-refractivity contribution in [2.24, 2.45) is 0 Å². The number of para-hydroxylation sites is 1. The number of hydrogen-bond donors (Lipinski definition) is 1. The lowest BCUT2D eigenvalue weighted by Gasteiger charge is -2.07. The minimum Gasteiger partial charge on any atom is -0.283 e. The van der Waals surface area contributed by atoms with Crippen molar-refractivity contribution in [2.75, 3.05) is 4.72 Å². The maximum absolute atomic E-state index is 11.8. The van der Waals surface area contributed by atoms with E-state index in [1.54, 1.807) is 48.5 Å². The summed E-state index contributed by atoms with van der Waals surface area (Å²) in [6, 6.07) is 17.7. The molecule has 1 radical (unpaired) electrons. The van der Waals surface area contributed by atoms with E-state index in [0.29, 0.717) is 11.3 Å². The molecular weight excluding hydrogens is 234 g/mol. The van der Waals surface area contributed by atoms with Gasteiger partial charge in [-0.3, -0.25) is 4.72 Å². The van der Waals surface area contributed by atoms with Gasteiger partial charge in [0.15, 0.2) is 0 Å². The fourth-order valence-electron chi connectivity index (χ4n) is 1.41. The molecule has 0 aliphatic heterocycles. The maximum Gasteiger partial charge on any atom is 0.241 e. The molecule has 0 atom stereocenters. The van der Waals surface area contributed by atoms with Gasteiger partial charge >= 0.3 is 0 Å². The van der Waals surface area contributed by atoms with Crippen molar-refractivity contribution in [2.45, 2.75) is 0 Å². The molecule has 0 amide bonds. The molecular formula is C13H12NO2S. The fraction of sp³-hybridized carbons (Fsp3) is 0. The van der Waals surface area contributed by atoms with Gasteiger partial charge in [0.25, 0.3) is 0 Å². The molecule has 0 unspecified atom stereocenters. The fourth-order valence-corrected chi connectivity index (χ4v) is 2.45. The Balaban J connectivity index is 2.11. The molecule has 0 aliphatic carbocycles. The summed E-state index contributed by atoms with van der Waals surface area (Å²) < 4.78 is 26.1. The Bertz CT molecular complexity index is 517. The van der Waals surface area contributed by atoms with Crippen LogP contribution in [0.4, 0.5) is 5.69 Å². The molecule has 0 fully saturated rings. The second-order valence-corrected chi connectivity index (χ2v) is 5.07. The molecule has 0 heterocycles. The van der Waals surface area contributed by atoms with Gasteiger partial charge in [-0.15, -0.1) is 0 Å². The van der Waals surface area contributed by atoms with Crippen molar-refractivity contribution in [3.8, 4) is 0 Å². The van der Waals surface area contributed by atoms with E-state index in [1.807, 2.05) is 12.1 Å². The maximum atomic E-state index is 11.8. The van der Waals surface area contributed by atoms with E-state index in [0.717, 1.165) is 0 Å². The van der Waals surface area contributed by atoms with Crippen LogP contribution in [0, 0.1) is 5.75 Å². The van der Waals surface area contributed by atoms with E-state index in [9.17, 15) is 8.42 Å². The molecule has 3 nitrogen and oxygen atoms in total. The van der Waals surface area contributed by atoms with Crippen LogP contribution in [0.25, 0.3) is 0 Å². The molecule has 0 saturated heterocycles. The van der Waals surface area contributed by atoms with Gasteiger partial charge in [0.1, 0.15) is 5.75 Å². The van der Waals surface area contributed by atoms with E-state index in [-0.39, 0.29) is 0 Å². The first-order valence-corrected chi connectivity index (χ1v) is 6.68. The molecule has 0 saturated carbocycles. The first-order valence-electron chi connectivity index (χ1n) is 5.13. The number of hydrogen-bond acceptors (Lipinski definition) is 2. The van der Waals surface area contributed by atoms with Crippen molar-refractivity contribution in [3.63, 3.8) is 0 Å². The second kappa shape index (κ2) is 5.01. The highest BCUT2D eigenvalue weighted by Gasteiger charge is 2.11. The molecule has 2 rings (SSSR count). The Kier molecular flexibility index (Phi) is 3.44. The average Bonchev–Trinajstić information content (AvgIpc) is 2.30. The number of anilines is 1. The van der Waals surface area contributed by atoms with Gasteiger partial charge in [-0.05, 0) is 17.7 Å². The zero-order valence-electron chi connectivity index (χ0n) is 9.08. The summed E-state index contributed by atoms with van der Waals surface area (Å²) in [7, 11) is -3.46. The van der Waals surface area contributed by atoms with E-state index >= 15 is 0 Å². The normalized spacial score (nSPS) is 11.1. The highest BCUT2D eigenvalue weighted by molar-refractivity contribution is 7.94. The van der Waals surface area contributed by atoms with Crippen molar-refractivity contribution in [1.29, 1.82) is 0 Å². The smallest absolute Gasteiger partial charge is 0.241 e. The third-order valence-corrected chi connectivity index (χ3v) is 3.23. The summed E-state index contributed by atoms with van der Waals surface area (Å²) in [5, 5.41) is 0. The Morgan fingerprint density at radius 2 is 1.35 bits per heavy atom. The first kappa shape index (κ1) is 11.7.